The molecule has 7 nitrogen and oxygen atoms in total. The van der Waals surface area contributed by atoms with Crippen molar-refractivity contribution >= 4 is 33.8 Å². The Morgan fingerprint density at radius 2 is 1.69 bits per heavy atom. The number of carbonyl (C=O) groups excluding carboxylic acids is 1. The van der Waals surface area contributed by atoms with Crippen LogP contribution in [-0.4, -0.2) is 63.1 Å². The van der Waals surface area contributed by atoms with Crippen LogP contribution < -0.4 is 0 Å². The zero-order chi connectivity index (χ0) is 17.8. The molecular formula is C19H18N4O3. The highest BCUT2D eigenvalue weighted by Crippen LogP contribution is 2.32. The third-order valence-corrected chi connectivity index (χ3v) is 5.65. The van der Waals surface area contributed by atoms with Gasteiger partial charge < -0.3 is 19.9 Å². The number of benzene rings is 1. The van der Waals surface area contributed by atoms with Gasteiger partial charge in [0.05, 0.1) is 11.7 Å². The van der Waals surface area contributed by atoms with E-state index in [1.165, 1.54) is 4.90 Å². The van der Waals surface area contributed by atoms with Crippen molar-refractivity contribution in [3.05, 3.63) is 42.2 Å². The van der Waals surface area contributed by atoms with Crippen LogP contribution in [0, 0.1) is 11.8 Å². The van der Waals surface area contributed by atoms with Crippen LogP contribution in [0.4, 0.5) is 4.79 Å². The summed E-state index contributed by atoms with van der Waals surface area (Å²) >= 11 is 0. The van der Waals surface area contributed by atoms with Crippen molar-refractivity contribution < 1.29 is 14.7 Å². The number of amides is 2. The van der Waals surface area contributed by atoms with Crippen LogP contribution in [-0.2, 0) is 0 Å². The number of likely N-dealkylation sites (tertiary alicyclic amines) is 2. The van der Waals surface area contributed by atoms with Gasteiger partial charge in [-0.05, 0) is 12.1 Å². The number of hydrogen-bond acceptors (Lipinski definition) is 3. The van der Waals surface area contributed by atoms with E-state index in [2.05, 4.69) is 9.97 Å². The Morgan fingerprint density at radius 3 is 2.42 bits per heavy atom. The summed E-state index contributed by atoms with van der Waals surface area (Å²) in [6.07, 6.45) is 0.842. The maximum Gasteiger partial charge on any atom is 0.407 e. The summed E-state index contributed by atoms with van der Waals surface area (Å²) in [7, 11) is 0. The van der Waals surface area contributed by atoms with E-state index >= 15 is 0 Å². The lowest BCUT2D eigenvalue weighted by Gasteiger charge is -2.19. The maximum absolute atomic E-state index is 12.9. The Balaban J connectivity index is 1.41. The highest BCUT2D eigenvalue weighted by Gasteiger charge is 2.43. The van der Waals surface area contributed by atoms with Gasteiger partial charge in [0.25, 0.3) is 5.91 Å². The Morgan fingerprint density at radius 1 is 1.00 bits per heavy atom. The highest BCUT2D eigenvalue weighted by molar-refractivity contribution is 6.09. The molecule has 2 N–H and O–H groups in total. The molecule has 0 saturated carbocycles. The summed E-state index contributed by atoms with van der Waals surface area (Å²) < 4.78 is 0. The number of aromatic amines is 1. The standard InChI is InChI=1S/C19H18N4O3/c24-18(22-7-11-9-23(19(25)26)10-12(11)8-22)16-5-14-13-3-1-2-4-15(13)21-17(14)6-20-16/h1-6,11-12,21H,7-10H2,(H,25,26). The second-order valence-electron chi connectivity index (χ2n) is 7.20. The van der Waals surface area contributed by atoms with Gasteiger partial charge in [-0.15, -0.1) is 0 Å². The topological polar surface area (TPSA) is 89.5 Å². The number of hydrogen-bond donors (Lipinski definition) is 2. The quantitative estimate of drug-likeness (QED) is 0.705. The molecule has 2 atom stereocenters. The molecule has 1 aromatic carbocycles. The minimum atomic E-state index is -0.872. The molecule has 2 unspecified atom stereocenters. The number of aromatic nitrogens is 2. The predicted molar refractivity (Wildman–Crippen MR) is 96.1 cm³/mol. The van der Waals surface area contributed by atoms with Gasteiger partial charge in [-0.1, -0.05) is 18.2 Å². The van der Waals surface area contributed by atoms with E-state index in [9.17, 15) is 9.59 Å². The van der Waals surface area contributed by atoms with Crippen LogP contribution in [0.1, 0.15) is 10.5 Å². The Hall–Kier alpha value is -3.09. The average molecular weight is 350 g/mol. The van der Waals surface area contributed by atoms with Gasteiger partial charge in [0.15, 0.2) is 0 Å². The lowest BCUT2D eigenvalue weighted by Crippen LogP contribution is -2.35. The molecule has 2 aliphatic heterocycles. The van der Waals surface area contributed by atoms with Crippen molar-refractivity contribution in [2.45, 2.75) is 0 Å². The van der Waals surface area contributed by atoms with Crippen molar-refractivity contribution in [1.29, 1.82) is 0 Å². The van der Waals surface area contributed by atoms with E-state index in [0.717, 1.165) is 21.8 Å². The second kappa shape index (κ2) is 5.45. The molecule has 0 aliphatic carbocycles. The minimum Gasteiger partial charge on any atom is -0.465 e. The third kappa shape index (κ3) is 2.23. The first-order valence-electron chi connectivity index (χ1n) is 8.74. The van der Waals surface area contributed by atoms with Gasteiger partial charge in [-0.2, -0.15) is 0 Å². The van der Waals surface area contributed by atoms with Crippen LogP contribution in [0.3, 0.4) is 0 Å². The molecule has 132 valence electrons. The van der Waals surface area contributed by atoms with Crippen LogP contribution >= 0.6 is 0 Å². The molecule has 2 saturated heterocycles. The first-order chi connectivity index (χ1) is 12.6. The molecule has 0 radical (unpaired) electrons. The average Bonchev–Trinajstić information content (AvgIpc) is 3.31. The van der Waals surface area contributed by atoms with Gasteiger partial charge in [0, 0.05) is 54.3 Å². The SMILES string of the molecule is O=C(O)N1CC2CN(C(=O)c3cc4c(cn3)[nH]c3ccccc34)CC2C1. The summed E-state index contributed by atoms with van der Waals surface area (Å²) in [5.41, 5.74) is 2.38. The largest absolute Gasteiger partial charge is 0.465 e. The van der Waals surface area contributed by atoms with Gasteiger partial charge in [-0.3, -0.25) is 4.79 Å². The molecular weight excluding hydrogens is 332 g/mol. The summed E-state index contributed by atoms with van der Waals surface area (Å²) in [6, 6.07) is 9.85. The minimum absolute atomic E-state index is 0.0755. The highest BCUT2D eigenvalue weighted by atomic mass is 16.4. The molecule has 2 aromatic heterocycles. The number of para-hydroxylation sites is 1. The number of pyridine rings is 1. The second-order valence-corrected chi connectivity index (χ2v) is 7.20. The zero-order valence-electron chi connectivity index (χ0n) is 14.1. The molecule has 0 bridgehead atoms. The summed E-state index contributed by atoms with van der Waals surface area (Å²) in [6.45, 7) is 2.22. The first kappa shape index (κ1) is 15.2. The molecule has 2 fully saturated rings. The van der Waals surface area contributed by atoms with Crippen molar-refractivity contribution in [3.8, 4) is 0 Å². The fraction of sp³-hybridized carbons (Fsp3) is 0.316. The fourth-order valence-electron chi connectivity index (χ4n) is 4.34. The molecule has 2 aliphatic rings. The predicted octanol–water partition coefficient (Wildman–Crippen LogP) is 2.40. The van der Waals surface area contributed by atoms with Crippen molar-refractivity contribution in [3.63, 3.8) is 0 Å². The van der Waals surface area contributed by atoms with E-state index in [4.69, 9.17) is 5.11 Å². The summed E-state index contributed by atoms with van der Waals surface area (Å²) in [5, 5.41) is 11.2. The number of carboxylic acid groups (broad SMARTS) is 1. The number of nitrogens with zero attached hydrogens (tertiary/aromatic N) is 3. The molecule has 26 heavy (non-hydrogen) atoms. The van der Waals surface area contributed by atoms with Gasteiger partial charge >= 0.3 is 6.09 Å². The Kier molecular flexibility index (Phi) is 3.19. The smallest absolute Gasteiger partial charge is 0.407 e. The lowest BCUT2D eigenvalue weighted by molar-refractivity contribution is 0.0769. The molecule has 4 heterocycles. The maximum atomic E-state index is 12.9. The van der Waals surface area contributed by atoms with E-state index in [1.807, 2.05) is 35.2 Å². The molecule has 2 amide bonds. The Bertz CT molecular complexity index is 1030. The first-order valence-corrected chi connectivity index (χ1v) is 8.74. The van der Waals surface area contributed by atoms with Gasteiger partial charge in [-0.25, -0.2) is 9.78 Å². The monoisotopic (exact) mass is 350 g/mol. The normalized spacial score (nSPS) is 22.3. The van der Waals surface area contributed by atoms with Gasteiger partial charge in [0.2, 0.25) is 0 Å². The van der Waals surface area contributed by atoms with Crippen LogP contribution in [0.15, 0.2) is 36.5 Å². The summed E-state index contributed by atoms with van der Waals surface area (Å²) in [5.74, 6) is 0.382. The van der Waals surface area contributed by atoms with E-state index < -0.39 is 6.09 Å². The molecule has 3 aromatic rings. The van der Waals surface area contributed by atoms with E-state index in [-0.39, 0.29) is 17.7 Å². The van der Waals surface area contributed by atoms with Crippen molar-refractivity contribution in [2.75, 3.05) is 26.2 Å². The molecule has 7 heteroatoms. The zero-order valence-corrected chi connectivity index (χ0v) is 14.1. The summed E-state index contributed by atoms with van der Waals surface area (Å²) in [4.78, 5) is 35.0. The van der Waals surface area contributed by atoms with E-state index in [0.29, 0.717) is 31.9 Å². The third-order valence-electron chi connectivity index (χ3n) is 5.65. The lowest BCUT2D eigenvalue weighted by atomic mass is 10.0. The van der Waals surface area contributed by atoms with Crippen molar-refractivity contribution in [1.82, 2.24) is 19.8 Å². The van der Waals surface area contributed by atoms with Crippen LogP contribution in [0.25, 0.3) is 21.8 Å². The molecule has 0 spiro atoms. The van der Waals surface area contributed by atoms with Gasteiger partial charge in [0.1, 0.15) is 5.69 Å². The number of nitrogens with one attached hydrogen (secondary N) is 1. The number of fused-ring (bicyclic) bond motifs is 4. The van der Waals surface area contributed by atoms with Crippen molar-refractivity contribution in [2.24, 2.45) is 11.8 Å². The van der Waals surface area contributed by atoms with E-state index in [1.54, 1.807) is 6.20 Å². The fourth-order valence-corrected chi connectivity index (χ4v) is 4.34. The number of rotatable bonds is 1. The Labute approximate surface area is 149 Å². The molecule has 5 rings (SSSR count). The number of carbonyl (C=O) groups is 2. The van der Waals surface area contributed by atoms with Crippen LogP contribution in [0.2, 0.25) is 0 Å². The van der Waals surface area contributed by atoms with Crippen LogP contribution in [0.5, 0.6) is 0 Å². The number of H-pyrrole nitrogens is 1.